The Morgan fingerprint density at radius 3 is 2.50 bits per heavy atom. The minimum absolute atomic E-state index is 0.299. The highest BCUT2D eigenvalue weighted by molar-refractivity contribution is 5.93. The molecule has 78 valence electrons. The first kappa shape index (κ1) is 12.2. The number of amides is 2. The molecule has 2 amide bonds. The Morgan fingerprint density at radius 1 is 1.57 bits per heavy atom. The molecule has 0 aliphatic heterocycles. The van der Waals surface area contributed by atoms with Crippen LogP contribution in [0.3, 0.4) is 0 Å². The molecule has 1 atom stereocenters. The van der Waals surface area contributed by atoms with E-state index in [2.05, 4.69) is 16.6 Å². The van der Waals surface area contributed by atoms with Crippen LogP contribution in [0.4, 0.5) is 0 Å². The van der Waals surface area contributed by atoms with E-state index in [4.69, 9.17) is 5.73 Å². The number of primary amides is 1. The van der Waals surface area contributed by atoms with E-state index >= 15 is 0 Å². The van der Waals surface area contributed by atoms with Gasteiger partial charge in [-0.1, -0.05) is 6.58 Å². The summed E-state index contributed by atoms with van der Waals surface area (Å²) in [6.45, 7) is 3.20. The maximum absolute atomic E-state index is 11.0. The number of hydrogen-bond acceptors (Lipinski definition) is 4. The lowest BCUT2D eigenvalue weighted by atomic mass is 10.2. The Hall–Kier alpha value is -1.85. The summed E-state index contributed by atoms with van der Waals surface area (Å²) >= 11 is 0. The molecule has 0 unspecified atom stereocenters. The van der Waals surface area contributed by atoms with Gasteiger partial charge in [0.05, 0.1) is 13.5 Å². The van der Waals surface area contributed by atoms with Crippen LogP contribution in [0.2, 0.25) is 0 Å². The number of methoxy groups -OCH3 is 1. The Kier molecular flexibility index (Phi) is 4.98. The van der Waals surface area contributed by atoms with Gasteiger partial charge in [0.2, 0.25) is 11.8 Å². The van der Waals surface area contributed by atoms with Crippen LogP contribution in [-0.2, 0) is 19.1 Å². The van der Waals surface area contributed by atoms with Crippen LogP contribution in [-0.4, -0.2) is 30.9 Å². The first-order valence-electron chi connectivity index (χ1n) is 3.80. The normalized spacial score (nSPS) is 11.2. The van der Waals surface area contributed by atoms with Gasteiger partial charge in [-0.15, -0.1) is 0 Å². The van der Waals surface area contributed by atoms with Crippen molar-refractivity contribution in [3.05, 3.63) is 12.7 Å². The third-order valence-corrected chi connectivity index (χ3v) is 1.39. The minimum Gasteiger partial charge on any atom is -0.467 e. The molecule has 6 nitrogen and oxygen atoms in total. The average molecular weight is 200 g/mol. The zero-order valence-corrected chi connectivity index (χ0v) is 7.78. The van der Waals surface area contributed by atoms with Crippen molar-refractivity contribution < 1.29 is 19.1 Å². The zero-order chi connectivity index (χ0) is 11.1. The summed E-state index contributed by atoms with van der Waals surface area (Å²) in [5.74, 6) is -1.99. The van der Waals surface area contributed by atoms with Gasteiger partial charge >= 0.3 is 5.97 Å². The fraction of sp³-hybridized carbons (Fsp3) is 0.375. The molecule has 0 aromatic carbocycles. The largest absolute Gasteiger partial charge is 0.467 e. The first-order valence-corrected chi connectivity index (χ1v) is 3.80. The lowest BCUT2D eigenvalue weighted by Crippen LogP contribution is -2.43. The summed E-state index contributed by atoms with van der Waals surface area (Å²) in [7, 11) is 1.15. The molecule has 3 N–H and O–H groups in total. The number of ether oxygens (including phenoxy) is 1. The third-order valence-electron chi connectivity index (χ3n) is 1.39. The second-order valence-electron chi connectivity index (χ2n) is 2.46. The second kappa shape index (κ2) is 5.74. The molecule has 0 aliphatic carbocycles. The monoisotopic (exact) mass is 200 g/mol. The van der Waals surface area contributed by atoms with Gasteiger partial charge in [0.15, 0.2) is 0 Å². The van der Waals surface area contributed by atoms with E-state index in [0.717, 1.165) is 13.2 Å². The van der Waals surface area contributed by atoms with Crippen molar-refractivity contribution in [1.29, 1.82) is 0 Å². The summed E-state index contributed by atoms with van der Waals surface area (Å²) in [6.07, 6.45) is 0.684. The zero-order valence-electron chi connectivity index (χ0n) is 7.78. The molecular weight excluding hydrogens is 188 g/mol. The lowest BCUT2D eigenvalue weighted by molar-refractivity contribution is -0.145. The highest BCUT2D eigenvalue weighted by Gasteiger charge is 2.22. The molecule has 0 aliphatic rings. The molecule has 0 saturated heterocycles. The lowest BCUT2D eigenvalue weighted by Gasteiger charge is -2.13. The standard InChI is InChI=1S/C8H12N2O4/c1-3-7(12)10-5(4-6(9)11)8(13)14-2/h3,5H,1,4H2,2H3,(H2,9,11)(H,10,12)/t5-/m0/s1. The van der Waals surface area contributed by atoms with Gasteiger partial charge in [0, 0.05) is 0 Å². The van der Waals surface area contributed by atoms with Crippen molar-refractivity contribution in [2.45, 2.75) is 12.5 Å². The SMILES string of the molecule is C=CC(=O)N[C@@H](CC(N)=O)C(=O)OC. The van der Waals surface area contributed by atoms with E-state index in [1.807, 2.05) is 0 Å². The molecule has 0 spiro atoms. The van der Waals surface area contributed by atoms with Gasteiger partial charge in [-0.2, -0.15) is 0 Å². The van der Waals surface area contributed by atoms with Crippen LogP contribution >= 0.6 is 0 Å². The molecule has 0 fully saturated rings. The predicted molar refractivity (Wildman–Crippen MR) is 48.0 cm³/mol. The number of rotatable bonds is 5. The van der Waals surface area contributed by atoms with E-state index in [0.29, 0.717) is 0 Å². The van der Waals surface area contributed by atoms with Gasteiger partial charge in [-0.3, -0.25) is 9.59 Å². The number of nitrogens with two attached hydrogens (primary N) is 1. The summed E-state index contributed by atoms with van der Waals surface area (Å²) in [5.41, 5.74) is 4.88. The van der Waals surface area contributed by atoms with Crippen LogP contribution in [0, 0.1) is 0 Å². The van der Waals surface area contributed by atoms with Crippen LogP contribution in [0.5, 0.6) is 0 Å². The van der Waals surface area contributed by atoms with E-state index in [-0.39, 0.29) is 6.42 Å². The van der Waals surface area contributed by atoms with Crippen LogP contribution in [0.1, 0.15) is 6.42 Å². The molecule has 14 heavy (non-hydrogen) atoms. The summed E-state index contributed by atoms with van der Waals surface area (Å²) in [5, 5.41) is 2.22. The minimum atomic E-state index is -1.05. The predicted octanol–water partition coefficient (Wildman–Crippen LogP) is -1.29. The highest BCUT2D eigenvalue weighted by atomic mass is 16.5. The van der Waals surface area contributed by atoms with Gasteiger partial charge in [0.1, 0.15) is 6.04 Å². The topological polar surface area (TPSA) is 98.5 Å². The molecule has 0 saturated carbocycles. The Morgan fingerprint density at radius 2 is 2.14 bits per heavy atom. The van der Waals surface area contributed by atoms with Gasteiger partial charge in [-0.25, -0.2) is 4.79 Å². The van der Waals surface area contributed by atoms with Crippen molar-refractivity contribution in [2.24, 2.45) is 5.73 Å². The molecular formula is C8H12N2O4. The smallest absolute Gasteiger partial charge is 0.328 e. The summed E-state index contributed by atoms with van der Waals surface area (Å²) in [6, 6.07) is -1.05. The quantitative estimate of drug-likeness (QED) is 0.426. The number of nitrogens with one attached hydrogen (secondary N) is 1. The van der Waals surface area contributed by atoms with E-state index in [1.165, 1.54) is 0 Å². The summed E-state index contributed by atoms with van der Waals surface area (Å²) < 4.78 is 4.36. The number of esters is 1. The number of hydrogen-bond donors (Lipinski definition) is 2. The fourth-order valence-corrected chi connectivity index (χ4v) is 0.767. The highest BCUT2D eigenvalue weighted by Crippen LogP contribution is 1.94. The van der Waals surface area contributed by atoms with Gasteiger partial charge in [-0.05, 0) is 6.08 Å². The molecule has 6 heteroatoms. The van der Waals surface area contributed by atoms with Crippen molar-refractivity contribution in [1.82, 2.24) is 5.32 Å². The molecule has 0 aromatic heterocycles. The number of carbonyl (C=O) groups excluding carboxylic acids is 3. The Labute approximate surface area is 81.1 Å². The maximum Gasteiger partial charge on any atom is 0.328 e. The molecule has 0 heterocycles. The number of carbonyl (C=O) groups is 3. The van der Waals surface area contributed by atoms with E-state index < -0.39 is 23.8 Å². The molecule has 0 aromatic rings. The van der Waals surface area contributed by atoms with Gasteiger partial charge in [0.25, 0.3) is 0 Å². The maximum atomic E-state index is 11.0. The van der Waals surface area contributed by atoms with Crippen LogP contribution in [0.25, 0.3) is 0 Å². The molecule has 0 radical (unpaired) electrons. The van der Waals surface area contributed by atoms with E-state index in [1.54, 1.807) is 0 Å². The van der Waals surface area contributed by atoms with Gasteiger partial charge < -0.3 is 15.8 Å². The first-order chi connectivity index (χ1) is 6.51. The van der Waals surface area contributed by atoms with Crippen molar-refractivity contribution >= 4 is 17.8 Å². The fourth-order valence-electron chi connectivity index (χ4n) is 0.767. The van der Waals surface area contributed by atoms with Crippen molar-refractivity contribution in [3.63, 3.8) is 0 Å². The Bertz CT molecular complexity index is 262. The van der Waals surface area contributed by atoms with Crippen LogP contribution < -0.4 is 11.1 Å². The van der Waals surface area contributed by atoms with Crippen molar-refractivity contribution in [2.75, 3.05) is 7.11 Å². The average Bonchev–Trinajstić information content (AvgIpc) is 2.14. The third kappa shape index (κ3) is 4.24. The molecule has 0 bridgehead atoms. The van der Waals surface area contributed by atoms with E-state index in [9.17, 15) is 14.4 Å². The van der Waals surface area contributed by atoms with Crippen molar-refractivity contribution in [3.8, 4) is 0 Å². The Balaban J connectivity index is 4.38. The summed E-state index contributed by atoms with van der Waals surface area (Å²) in [4.78, 5) is 32.4. The second-order valence-corrected chi connectivity index (χ2v) is 2.46. The van der Waals surface area contributed by atoms with Crippen LogP contribution in [0.15, 0.2) is 12.7 Å². The molecule has 0 rings (SSSR count).